The van der Waals surface area contributed by atoms with Crippen molar-refractivity contribution in [2.45, 2.75) is 25.3 Å². The first kappa shape index (κ1) is 23.6. The van der Waals surface area contributed by atoms with Crippen molar-refractivity contribution in [3.63, 3.8) is 0 Å². The average Bonchev–Trinajstić information content (AvgIpc) is 2.82. The van der Waals surface area contributed by atoms with Gasteiger partial charge in [0.15, 0.2) is 11.5 Å². The smallest absolute Gasteiger partial charge is 0.246 e. The van der Waals surface area contributed by atoms with Crippen LogP contribution in [0.2, 0.25) is 0 Å². The normalized spacial score (nSPS) is 20.7. The number of nitrogens with zero attached hydrogens (tertiary/aromatic N) is 4. The minimum Gasteiger partial charge on any atom is -0.493 e. The molecule has 3 fully saturated rings. The van der Waals surface area contributed by atoms with Crippen LogP contribution in [-0.2, 0) is 9.59 Å². The number of carbonyl (C=O) groups excluding carboxylic acids is 2. The summed E-state index contributed by atoms with van der Waals surface area (Å²) in [7, 11) is 3.19. The lowest BCUT2D eigenvalue weighted by molar-refractivity contribution is -0.135. The average molecular weight is 457 g/mol. The maximum atomic E-state index is 12.8. The van der Waals surface area contributed by atoms with Crippen molar-refractivity contribution in [2.75, 3.05) is 73.1 Å². The van der Waals surface area contributed by atoms with Crippen LogP contribution in [0.15, 0.2) is 24.3 Å². The lowest BCUT2D eigenvalue weighted by Gasteiger charge is -2.43. The number of benzene rings is 1. The van der Waals surface area contributed by atoms with Crippen molar-refractivity contribution < 1.29 is 19.1 Å². The highest BCUT2D eigenvalue weighted by atomic mass is 16.5. The molecular formula is C25H36N4O4. The number of amides is 2. The molecule has 0 atom stereocenters. The van der Waals surface area contributed by atoms with Gasteiger partial charge in [0.05, 0.1) is 20.8 Å². The van der Waals surface area contributed by atoms with Gasteiger partial charge in [-0.25, -0.2) is 0 Å². The van der Waals surface area contributed by atoms with Crippen LogP contribution >= 0.6 is 0 Å². The molecule has 1 aliphatic carbocycles. The highest BCUT2D eigenvalue weighted by Crippen LogP contribution is 2.28. The fraction of sp³-hybridized carbons (Fsp3) is 0.600. The van der Waals surface area contributed by atoms with Gasteiger partial charge in [0.25, 0.3) is 0 Å². The van der Waals surface area contributed by atoms with E-state index in [0.29, 0.717) is 31.1 Å². The summed E-state index contributed by atoms with van der Waals surface area (Å²) in [5, 5.41) is 0. The Morgan fingerprint density at radius 1 is 0.909 bits per heavy atom. The second-order valence-electron chi connectivity index (χ2n) is 9.05. The zero-order valence-corrected chi connectivity index (χ0v) is 19.9. The third-order valence-electron chi connectivity index (χ3n) is 7.13. The quantitative estimate of drug-likeness (QED) is 0.581. The summed E-state index contributed by atoms with van der Waals surface area (Å²) in [5.74, 6) is 1.50. The lowest BCUT2D eigenvalue weighted by Crippen LogP contribution is -2.56. The van der Waals surface area contributed by atoms with E-state index < -0.39 is 0 Å². The zero-order chi connectivity index (χ0) is 23.2. The Kier molecular flexibility index (Phi) is 7.88. The Morgan fingerprint density at radius 3 is 2.18 bits per heavy atom. The fourth-order valence-corrected chi connectivity index (χ4v) is 4.74. The molecule has 8 nitrogen and oxygen atoms in total. The molecule has 2 saturated heterocycles. The molecule has 2 heterocycles. The summed E-state index contributed by atoms with van der Waals surface area (Å²) in [6, 6.07) is 6.32. The van der Waals surface area contributed by atoms with Crippen LogP contribution in [-0.4, -0.2) is 111 Å². The molecule has 3 aliphatic rings. The summed E-state index contributed by atoms with van der Waals surface area (Å²) in [5.41, 5.74) is 0.877. The topological polar surface area (TPSA) is 65.6 Å². The monoisotopic (exact) mass is 456 g/mol. The molecule has 0 N–H and O–H groups in total. The van der Waals surface area contributed by atoms with Crippen LogP contribution in [0, 0.1) is 0 Å². The van der Waals surface area contributed by atoms with Crippen LogP contribution < -0.4 is 9.47 Å². The molecule has 2 amide bonds. The van der Waals surface area contributed by atoms with Gasteiger partial charge in [0.1, 0.15) is 0 Å². The first-order valence-electron chi connectivity index (χ1n) is 12.0. The number of carbonyl (C=O) groups is 2. The molecule has 1 saturated carbocycles. The highest BCUT2D eigenvalue weighted by molar-refractivity contribution is 5.92. The van der Waals surface area contributed by atoms with Crippen LogP contribution in [0.1, 0.15) is 24.8 Å². The molecule has 0 unspecified atom stereocenters. The van der Waals surface area contributed by atoms with E-state index in [1.807, 2.05) is 28.0 Å². The van der Waals surface area contributed by atoms with Crippen molar-refractivity contribution in [3.05, 3.63) is 29.8 Å². The van der Waals surface area contributed by atoms with E-state index in [1.165, 1.54) is 19.3 Å². The Hall–Kier alpha value is -2.58. The van der Waals surface area contributed by atoms with Crippen molar-refractivity contribution in [2.24, 2.45) is 0 Å². The summed E-state index contributed by atoms with van der Waals surface area (Å²) in [6.07, 6.45) is 7.39. The summed E-state index contributed by atoms with van der Waals surface area (Å²) >= 11 is 0. The molecule has 0 spiro atoms. The predicted octanol–water partition coefficient (Wildman–Crippen LogP) is 1.56. The Bertz CT molecular complexity index is 854. The van der Waals surface area contributed by atoms with E-state index in [0.717, 1.165) is 50.9 Å². The highest BCUT2D eigenvalue weighted by Gasteiger charge is 2.30. The van der Waals surface area contributed by atoms with Crippen LogP contribution in [0.25, 0.3) is 6.08 Å². The molecular weight excluding hydrogens is 420 g/mol. The Labute approximate surface area is 196 Å². The first-order chi connectivity index (χ1) is 16.1. The summed E-state index contributed by atoms with van der Waals surface area (Å²) in [6.45, 7) is 6.87. The molecule has 1 aromatic rings. The SMILES string of the molecule is COc1ccc(/C=C/C(=O)N2CCN(CC(=O)N3CCN(C4CCC4)CC3)CC2)cc1OC. The van der Waals surface area contributed by atoms with Crippen molar-refractivity contribution in [1.82, 2.24) is 19.6 Å². The van der Waals surface area contributed by atoms with Gasteiger partial charge in [-0.3, -0.25) is 19.4 Å². The second kappa shape index (κ2) is 11.0. The van der Waals surface area contributed by atoms with E-state index in [1.54, 1.807) is 26.4 Å². The van der Waals surface area contributed by atoms with Crippen LogP contribution in [0.4, 0.5) is 0 Å². The number of methoxy groups -OCH3 is 2. The standard InChI is InChI=1S/C25H36N4O4/c1-32-22-8-6-20(18-23(22)33-2)7-9-24(30)28-12-10-26(11-13-28)19-25(31)29-16-14-27(15-17-29)21-4-3-5-21/h6-9,18,21H,3-5,10-17,19H2,1-2H3/b9-7+. The fourth-order valence-electron chi connectivity index (χ4n) is 4.74. The predicted molar refractivity (Wildman–Crippen MR) is 127 cm³/mol. The zero-order valence-electron chi connectivity index (χ0n) is 19.9. The first-order valence-corrected chi connectivity index (χ1v) is 12.0. The van der Waals surface area contributed by atoms with Crippen LogP contribution in [0.5, 0.6) is 11.5 Å². The molecule has 33 heavy (non-hydrogen) atoms. The lowest BCUT2D eigenvalue weighted by atomic mass is 9.91. The van der Waals surface area contributed by atoms with Gasteiger partial charge < -0.3 is 19.3 Å². The van der Waals surface area contributed by atoms with E-state index in [9.17, 15) is 9.59 Å². The Morgan fingerprint density at radius 2 is 1.58 bits per heavy atom. The summed E-state index contributed by atoms with van der Waals surface area (Å²) in [4.78, 5) is 34.0. The number of rotatable bonds is 7. The number of hydrogen-bond donors (Lipinski definition) is 0. The van der Waals surface area contributed by atoms with Gasteiger partial charge in [-0.05, 0) is 36.6 Å². The van der Waals surface area contributed by atoms with E-state index in [4.69, 9.17) is 9.47 Å². The summed E-state index contributed by atoms with van der Waals surface area (Å²) < 4.78 is 10.6. The second-order valence-corrected chi connectivity index (χ2v) is 9.05. The largest absolute Gasteiger partial charge is 0.493 e. The maximum Gasteiger partial charge on any atom is 0.246 e. The van der Waals surface area contributed by atoms with Crippen molar-refractivity contribution >= 4 is 17.9 Å². The molecule has 180 valence electrons. The van der Waals surface area contributed by atoms with Crippen molar-refractivity contribution in [3.8, 4) is 11.5 Å². The molecule has 0 bridgehead atoms. The van der Waals surface area contributed by atoms with E-state index >= 15 is 0 Å². The molecule has 2 aliphatic heterocycles. The molecule has 0 radical (unpaired) electrons. The van der Waals surface area contributed by atoms with Gasteiger partial charge >= 0.3 is 0 Å². The Balaban J connectivity index is 1.19. The molecule has 1 aromatic carbocycles. The van der Waals surface area contributed by atoms with Gasteiger partial charge in [0, 0.05) is 64.5 Å². The van der Waals surface area contributed by atoms with Crippen LogP contribution in [0.3, 0.4) is 0 Å². The molecule has 0 aromatic heterocycles. The third-order valence-corrected chi connectivity index (χ3v) is 7.13. The van der Waals surface area contributed by atoms with Gasteiger partial charge in [-0.1, -0.05) is 12.5 Å². The minimum absolute atomic E-state index is 0.0112. The molecule has 4 rings (SSSR count). The number of ether oxygens (including phenoxy) is 2. The van der Waals surface area contributed by atoms with Gasteiger partial charge in [-0.15, -0.1) is 0 Å². The molecule has 8 heteroatoms. The van der Waals surface area contributed by atoms with E-state index in [-0.39, 0.29) is 11.8 Å². The number of piperazine rings is 2. The minimum atomic E-state index is -0.0112. The van der Waals surface area contributed by atoms with Crippen molar-refractivity contribution in [1.29, 1.82) is 0 Å². The van der Waals surface area contributed by atoms with E-state index in [2.05, 4.69) is 9.80 Å². The third kappa shape index (κ3) is 5.86. The van der Waals surface area contributed by atoms with Gasteiger partial charge in [-0.2, -0.15) is 0 Å². The number of hydrogen-bond acceptors (Lipinski definition) is 6. The van der Waals surface area contributed by atoms with Gasteiger partial charge in [0.2, 0.25) is 11.8 Å². The maximum absolute atomic E-state index is 12.8.